The number of carbonyl (C=O) groups excluding carboxylic acids is 2. The maximum atomic E-state index is 11.3. The molecule has 0 spiro atoms. The fourth-order valence-electron chi connectivity index (χ4n) is 4.85. The molecule has 1 aromatic rings. The molecular formula is C20H24BrClO3. The number of ether oxygens (including phenoxy) is 1. The molecule has 0 aliphatic heterocycles. The Bertz CT molecular complexity index is 686. The molecule has 4 atom stereocenters. The summed E-state index contributed by atoms with van der Waals surface area (Å²) < 4.78 is 5.30. The molecule has 0 bridgehead atoms. The van der Waals surface area contributed by atoms with Gasteiger partial charge < -0.3 is 4.74 Å². The van der Waals surface area contributed by atoms with Crippen molar-refractivity contribution in [1.29, 1.82) is 0 Å². The molecule has 25 heavy (non-hydrogen) atoms. The zero-order chi connectivity index (χ0) is 18.2. The number of alkyl halides is 1. The zero-order valence-corrected chi connectivity index (χ0v) is 17.0. The molecule has 0 saturated heterocycles. The first kappa shape index (κ1) is 18.9. The molecule has 2 aliphatic rings. The highest BCUT2D eigenvalue weighted by molar-refractivity contribution is 9.10. The van der Waals surface area contributed by atoms with E-state index in [1.54, 1.807) is 0 Å². The average molecular weight is 428 g/mol. The van der Waals surface area contributed by atoms with Gasteiger partial charge in [0.25, 0.3) is 0 Å². The highest BCUT2D eigenvalue weighted by Crippen LogP contribution is 2.55. The van der Waals surface area contributed by atoms with Gasteiger partial charge in [0.2, 0.25) is 5.24 Å². The highest BCUT2D eigenvalue weighted by Gasteiger charge is 2.46. The number of aryl methyl sites for hydroxylation is 1. The van der Waals surface area contributed by atoms with Gasteiger partial charge in [-0.15, -0.1) is 0 Å². The van der Waals surface area contributed by atoms with Crippen LogP contribution < -0.4 is 4.74 Å². The summed E-state index contributed by atoms with van der Waals surface area (Å²) in [5.74, 6) is 1.86. The third-order valence-electron chi connectivity index (χ3n) is 5.93. The Morgan fingerprint density at radius 1 is 1.36 bits per heavy atom. The van der Waals surface area contributed by atoms with E-state index in [1.165, 1.54) is 18.1 Å². The molecule has 0 radical (unpaired) electrons. The Kier molecular flexibility index (Phi) is 5.60. The predicted molar refractivity (Wildman–Crippen MR) is 102 cm³/mol. The molecule has 0 N–H and O–H groups in total. The van der Waals surface area contributed by atoms with Crippen LogP contribution >= 0.6 is 27.5 Å². The minimum atomic E-state index is -0.285. The number of esters is 1. The Morgan fingerprint density at radius 2 is 2.12 bits per heavy atom. The number of fused-ring (bicyclic) bond motifs is 3. The van der Waals surface area contributed by atoms with E-state index in [0.717, 1.165) is 32.1 Å². The Labute approximate surface area is 162 Å². The molecule has 3 nitrogen and oxygen atoms in total. The smallest absolute Gasteiger partial charge is 0.308 e. The van der Waals surface area contributed by atoms with Gasteiger partial charge in [0.05, 0.1) is 0 Å². The van der Waals surface area contributed by atoms with Crippen molar-refractivity contribution >= 4 is 38.7 Å². The van der Waals surface area contributed by atoms with Crippen molar-refractivity contribution in [1.82, 2.24) is 0 Å². The van der Waals surface area contributed by atoms with Crippen molar-refractivity contribution in [3.63, 3.8) is 0 Å². The first-order chi connectivity index (χ1) is 11.8. The van der Waals surface area contributed by atoms with E-state index in [-0.39, 0.29) is 15.5 Å². The maximum Gasteiger partial charge on any atom is 0.308 e. The summed E-state index contributed by atoms with van der Waals surface area (Å²) >= 11 is 9.55. The summed E-state index contributed by atoms with van der Waals surface area (Å²) in [5, 5.41) is -0.243. The Balaban J connectivity index is 1.85. The normalized spacial score (nSPS) is 31.0. The van der Waals surface area contributed by atoms with Crippen LogP contribution in [0.1, 0.15) is 63.0 Å². The fourth-order valence-corrected chi connectivity index (χ4v) is 5.75. The third kappa shape index (κ3) is 4.11. The average Bonchev–Trinajstić information content (AvgIpc) is 2.52. The van der Waals surface area contributed by atoms with Crippen molar-refractivity contribution in [2.45, 2.75) is 62.6 Å². The van der Waals surface area contributed by atoms with Crippen molar-refractivity contribution < 1.29 is 14.3 Å². The Morgan fingerprint density at radius 3 is 2.80 bits per heavy atom. The van der Waals surface area contributed by atoms with Gasteiger partial charge in [0, 0.05) is 17.7 Å². The molecule has 1 aromatic carbocycles. The number of carbonyl (C=O) groups is 2. The fraction of sp³-hybridized carbons (Fsp3) is 0.600. The quantitative estimate of drug-likeness (QED) is 0.281. The maximum absolute atomic E-state index is 11.3. The van der Waals surface area contributed by atoms with E-state index in [9.17, 15) is 9.59 Å². The van der Waals surface area contributed by atoms with Crippen LogP contribution in [0.4, 0.5) is 0 Å². The molecule has 4 unspecified atom stereocenters. The van der Waals surface area contributed by atoms with E-state index >= 15 is 0 Å². The highest BCUT2D eigenvalue weighted by atomic mass is 79.9. The van der Waals surface area contributed by atoms with Crippen molar-refractivity contribution in [3.8, 4) is 5.75 Å². The molecule has 0 aromatic heterocycles. The summed E-state index contributed by atoms with van der Waals surface area (Å²) in [6, 6.07) is 6.05. The van der Waals surface area contributed by atoms with Crippen molar-refractivity contribution in [3.05, 3.63) is 29.3 Å². The third-order valence-corrected chi connectivity index (χ3v) is 7.10. The van der Waals surface area contributed by atoms with Crippen LogP contribution in [0, 0.1) is 11.8 Å². The number of hydrogen-bond acceptors (Lipinski definition) is 3. The first-order valence-electron chi connectivity index (χ1n) is 8.96. The van der Waals surface area contributed by atoms with Gasteiger partial charge in [-0.1, -0.05) is 22.0 Å². The predicted octanol–water partition coefficient (Wildman–Crippen LogP) is 5.37. The van der Waals surface area contributed by atoms with Crippen LogP contribution in [-0.2, 0) is 16.0 Å². The minimum Gasteiger partial charge on any atom is -0.427 e. The largest absolute Gasteiger partial charge is 0.427 e. The number of halogens is 2. The molecule has 2 aliphatic carbocycles. The van der Waals surface area contributed by atoms with E-state index in [2.05, 4.69) is 28.9 Å². The van der Waals surface area contributed by atoms with Crippen LogP contribution in [0.15, 0.2) is 18.2 Å². The topological polar surface area (TPSA) is 43.4 Å². The second-order valence-electron chi connectivity index (χ2n) is 7.58. The lowest BCUT2D eigenvalue weighted by Crippen LogP contribution is -2.43. The van der Waals surface area contributed by atoms with Crippen LogP contribution in [-0.4, -0.2) is 15.5 Å². The molecule has 0 heterocycles. The number of benzene rings is 1. The van der Waals surface area contributed by atoms with Gasteiger partial charge in [-0.3, -0.25) is 9.59 Å². The Hall–Kier alpha value is -0.870. The van der Waals surface area contributed by atoms with E-state index in [4.69, 9.17) is 16.3 Å². The second kappa shape index (κ2) is 7.40. The van der Waals surface area contributed by atoms with Crippen LogP contribution in [0.2, 0.25) is 0 Å². The lowest BCUT2D eigenvalue weighted by molar-refractivity contribution is -0.131. The molecule has 1 fully saturated rings. The zero-order valence-electron chi connectivity index (χ0n) is 14.7. The van der Waals surface area contributed by atoms with Crippen LogP contribution in [0.5, 0.6) is 5.75 Å². The summed E-state index contributed by atoms with van der Waals surface area (Å²) in [4.78, 5) is 22.5. The second-order valence-corrected chi connectivity index (χ2v) is 9.81. The number of hydrogen-bond donors (Lipinski definition) is 0. The van der Waals surface area contributed by atoms with Crippen LogP contribution in [0.3, 0.4) is 0 Å². The first-order valence-corrected chi connectivity index (χ1v) is 10.1. The van der Waals surface area contributed by atoms with Crippen molar-refractivity contribution in [2.75, 3.05) is 0 Å². The minimum absolute atomic E-state index is 0.0652. The van der Waals surface area contributed by atoms with Gasteiger partial charge in [-0.2, -0.15) is 0 Å². The molecule has 3 rings (SSSR count). The van der Waals surface area contributed by atoms with Gasteiger partial charge in [-0.05, 0) is 91.6 Å². The molecule has 0 amide bonds. The summed E-state index contributed by atoms with van der Waals surface area (Å²) in [6.45, 7) is 3.68. The van der Waals surface area contributed by atoms with E-state index in [0.29, 0.717) is 29.9 Å². The van der Waals surface area contributed by atoms with E-state index < -0.39 is 0 Å². The standard InChI is InChI=1S/C20H24BrClO3/c1-12(23)25-14-4-6-15-13(11-14)3-5-17-16(15)9-10-20(2,21)18(17)7-8-19(22)24/h4,6,11,16-18H,3,5,7-10H2,1-2H3. The van der Waals surface area contributed by atoms with Crippen molar-refractivity contribution in [2.24, 2.45) is 11.8 Å². The molecule has 1 saturated carbocycles. The van der Waals surface area contributed by atoms with Gasteiger partial charge in [-0.25, -0.2) is 0 Å². The SMILES string of the molecule is CC(=O)Oc1ccc2c(c1)CCC1C2CCC(C)(Br)C1CCC(=O)Cl. The van der Waals surface area contributed by atoms with Gasteiger partial charge >= 0.3 is 5.97 Å². The van der Waals surface area contributed by atoms with Gasteiger partial charge in [0.15, 0.2) is 0 Å². The number of rotatable bonds is 4. The molecular weight excluding hydrogens is 404 g/mol. The lowest BCUT2D eigenvalue weighted by atomic mass is 9.59. The van der Waals surface area contributed by atoms with Gasteiger partial charge in [0.1, 0.15) is 5.75 Å². The van der Waals surface area contributed by atoms with Crippen LogP contribution in [0.25, 0.3) is 0 Å². The summed E-state index contributed by atoms with van der Waals surface area (Å²) in [5.41, 5.74) is 2.68. The molecule has 136 valence electrons. The monoisotopic (exact) mass is 426 g/mol. The lowest BCUT2D eigenvalue weighted by Gasteiger charge is -2.49. The summed E-state index contributed by atoms with van der Waals surface area (Å²) in [6.07, 6.45) is 5.59. The molecule has 5 heteroatoms. The summed E-state index contributed by atoms with van der Waals surface area (Å²) in [7, 11) is 0. The van der Waals surface area contributed by atoms with E-state index in [1.807, 2.05) is 12.1 Å².